The molecule has 1 N–H and O–H groups in total. The third kappa shape index (κ3) is 6.56. The Labute approximate surface area is 236 Å². The molecule has 3 aromatic carbocycles. The van der Waals surface area contributed by atoms with Crippen LogP contribution >= 0.6 is 39.3 Å². The van der Waals surface area contributed by atoms with Crippen LogP contribution in [-0.4, -0.2) is 35.7 Å². The lowest BCUT2D eigenvalue weighted by Gasteiger charge is -2.14. The number of hydrogen-bond donors (Lipinski definition) is 1. The molecule has 38 heavy (non-hydrogen) atoms. The van der Waals surface area contributed by atoms with Gasteiger partial charge in [0.25, 0.3) is 17.1 Å². The van der Waals surface area contributed by atoms with E-state index in [2.05, 4.69) is 21.2 Å². The number of methoxy groups -OCH3 is 1. The third-order valence-corrected chi connectivity index (χ3v) is 7.38. The fourth-order valence-corrected chi connectivity index (χ4v) is 5.12. The monoisotopic (exact) mass is 618 g/mol. The molecule has 3 amide bonds. The van der Waals surface area contributed by atoms with E-state index in [0.29, 0.717) is 37.8 Å². The summed E-state index contributed by atoms with van der Waals surface area (Å²) in [5, 5.41) is 2.84. The topological polar surface area (TPSA) is 84.9 Å². The van der Waals surface area contributed by atoms with E-state index in [4.69, 9.17) is 21.1 Å². The van der Waals surface area contributed by atoms with Crippen molar-refractivity contribution in [2.45, 2.75) is 13.5 Å². The summed E-state index contributed by atoms with van der Waals surface area (Å²) in [5.41, 5.74) is 2.65. The van der Waals surface area contributed by atoms with Crippen LogP contribution in [0.15, 0.2) is 64.0 Å². The number of thioether (sulfide) groups is 1. The normalized spacial score (nSPS) is 14.2. The molecule has 0 atom stereocenters. The molecule has 4 rings (SSSR count). The van der Waals surface area contributed by atoms with Crippen LogP contribution in [0.2, 0.25) is 5.02 Å². The summed E-state index contributed by atoms with van der Waals surface area (Å²) in [7, 11) is 1.45. The van der Waals surface area contributed by atoms with E-state index in [1.807, 2.05) is 6.92 Å². The van der Waals surface area contributed by atoms with Gasteiger partial charge in [0.05, 0.1) is 23.0 Å². The van der Waals surface area contributed by atoms with Gasteiger partial charge in [-0.3, -0.25) is 19.3 Å². The van der Waals surface area contributed by atoms with Crippen molar-refractivity contribution in [3.63, 3.8) is 0 Å². The lowest BCUT2D eigenvalue weighted by atomic mass is 10.1. The lowest BCUT2D eigenvalue weighted by molar-refractivity contribution is -0.123. The van der Waals surface area contributed by atoms with Crippen molar-refractivity contribution >= 4 is 68.1 Å². The van der Waals surface area contributed by atoms with Crippen LogP contribution in [0.4, 0.5) is 14.9 Å². The van der Waals surface area contributed by atoms with Crippen molar-refractivity contribution in [2.75, 3.05) is 19.0 Å². The van der Waals surface area contributed by atoms with E-state index >= 15 is 0 Å². The van der Waals surface area contributed by atoms with E-state index in [1.165, 1.54) is 31.4 Å². The molecule has 0 spiro atoms. The van der Waals surface area contributed by atoms with Crippen molar-refractivity contribution < 1.29 is 28.2 Å². The number of ether oxygens (including phenoxy) is 2. The molecule has 1 aliphatic heterocycles. The summed E-state index contributed by atoms with van der Waals surface area (Å²) in [4.78, 5) is 39.1. The Morgan fingerprint density at radius 2 is 1.89 bits per heavy atom. The molecule has 1 heterocycles. The number of carbonyl (C=O) groups is 3. The van der Waals surface area contributed by atoms with Crippen LogP contribution < -0.4 is 14.8 Å². The maximum Gasteiger partial charge on any atom is 0.293 e. The Morgan fingerprint density at radius 1 is 1.16 bits per heavy atom. The summed E-state index contributed by atoms with van der Waals surface area (Å²) in [6.45, 7) is 1.62. The molecule has 0 bridgehead atoms. The minimum atomic E-state index is -0.451. The number of benzene rings is 3. The van der Waals surface area contributed by atoms with Crippen LogP contribution in [0.5, 0.6) is 11.5 Å². The first-order valence-corrected chi connectivity index (χ1v) is 13.2. The van der Waals surface area contributed by atoms with Crippen molar-refractivity contribution in [2.24, 2.45) is 0 Å². The number of anilines is 1. The van der Waals surface area contributed by atoms with Gasteiger partial charge in [-0.15, -0.1) is 0 Å². The second-order valence-electron chi connectivity index (χ2n) is 8.23. The number of imide groups is 1. The van der Waals surface area contributed by atoms with Crippen LogP contribution in [0, 0.1) is 12.7 Å². The van der Waals surface area contributed by atoms with Crippen LogP contribution in [0.1, 0.15) is 16.7 Å². The lowest BCUT2D eigenvalue weighted by Crippen LogP contribution is -2.27. The summed E-state index contributed by atoms with van der Waals surface area (Å²) < 4.78 is 24.8. The van der Waals surface area contributed by atoms with Crippen LogP contribution in [-0.2, 0) is 16.1 Å². The minimum Gasteiger partial charge on any atom is -0.493 e. The molecule has 1 fully saturated rings. The molecular weight excluding hydrogens is 599 g/mol. The fraction of sp³-hybridized carbons (Fsp3) is 0.148. The van der Waals surface area contributed by atoms with Gasteiger partial charge >= 0.3 is 0 Å². The summed E-state index contributed by atoms with van der Waals surface area (Å²) in [5.74, 6) is -0.620. The highest BCUT2D eigenvalue weighted by molar-refractivity contribution is 9.10. The van der Waals surface area contributed by atoms with E-state index in [0.717, 1.165) is 22.2 Å². The largest absolute Gasteiger partial charge is 0.493 e. The molecule has 0 saturated carbocycles. The van der Waals surface area contributed by atoms with Gasteiger partial charge in [0.1, 0.15) is 5.82 Å². The van der Waals surface area contributed by atoms with Gasteiger partial charge in [-0.25, -0.2) is 4.39 Å². The van der Waals surface area contributed by atoms with E-state index in [9.17, 15) is 18.8 Å². The first kappa shape index (κ1) is 27.7. The number of nitrogens with zero attached hydrogens (tertiary/aromatic N) is 1. The standard InChI is InChI=1S/C27H21BrClFN2O5S/c1-15-3-8-19(12-21(15)29)31-24(33)14-37-25-20(28)9-17(10-22(25)36-2)11-23-26(34)32(27(35)38-23)13-16-4-6-18(30)7-5-16/h3-12H,13-14H2,1-2H3,(H,31,33)/b23-11-. The first-order valence-electron chi connectivity index (χ1n) is 11.2. The van der Waals surface area contributed by atoms with Gasteiger partial charge in [-0.05, 0) is 93.8 Å². The quantitative estimate of drug-likeness (QED) is 0.279. The third-order valence-electron chi connectivity index (χ3n) is 5.48. The molecular formula is C27H21BrClFN2O5S. The Balaban J connectivity index is 1.45. The van der Waals surface area contributed by atoms with Gasteiger partial charge in [0, 0.05) is 10.7 Å². The smallest absolute Gasteiger partial charge is 0.293 e. The Hall–Kier alpha value is -3.34. The van der Waals surface area contributed by atoms with Crippen molar-refractivity contribution in [1.29, 1.82) is 0 Å². The van der Waals surface area contributed by atoms with Gasteiger partial charge in [-0.1, -0.05) is 29.8 Å². The number of rotatable bonds is 8. The van der Waals surface area contributed by atoms with E-state index in [1.54, 1.807) is 36.4 Å². The van der Waals surface area contributed by atoms with Crippen molar-refractivity contribution in [1.82, 2.24) is 4.90 Å². The number of hydrogen-bond acceptors (Lipinski definition) is 6. The number of carbonyl (C=O) groups excluding carboxylic acids is 3. The second kappa shape index (κ2) is 12.0. The molecule has 0 unspecified atom stereocenters. The highest BCUT2D eigenvalue weighted by Crippen LogP contribution is 2.39. The number of nitrogens with one attached hydrogen (secondary N) is 1. The van der Waals surface area contributed by atoms with Crippen molar-refractivity contribution in [3.05, 3.63) is 91.5 Å². The number of halogens is 3. The number of amides is 3. The molecule has 1 aliphatic rings. The van der Waals surface area contributed by atoms with Crippen molar-refractivity contribution in [3.8, 4) is 11.5 Å². The molecule has 7 nitrogen and oxygen atoms in total. The maximum absolute atomic E-state index is 13.2. The zero-order chi connectivity index (χ0) is 27.4. The average Bonchev–Trinajstić information content (AvgIpc) is 3.13. The summed E-state index contributed by atoms with van der Waals surface area (Å²) >= 11 is 10.3. The molecule has 0 aliphatic carbocycles. The van der Waals surface area contributed by atoms with Gasteiger partial charge in [-0.2, -0.15) is 0 Å². The fourth-order valence-electron chi connectivity index (χ4n) is 3.53. The average molecular weight is 620 g/mol. The zero-order valence-corrected chi connectivity index (χ0v) is 23.4. The highest BCUT2D eigenvalue weighted by Gasteiger charge is 2.35. The predicted molar refractivity (Wildman–Crippen MR) is 149 cm³/mol. The van der Waals surface area contributed by atoms with Gasteiger partial charge in [0.15, 0.2) is 18.1 Å². The Kier molecular flexibility index (Phi) is 8.76. The molecule has 196 valence electrons. The maximum atomic E-state index is 13.2. The molecule has 3 aromatic rings. The first-order chi connectivity index (χ1) is 18.1. The molecule has 11 heteroatoms. The van der Waals surface area contributed by atoms with Crippen LogP contribution in [0.25, 0.3) is 6.08 Å². The van der Waals surface area contributed by atoms with Gasteiger partial charge < -0.3 is 14.8 Å². The highest BCUT2D eigenvalue weighted by atomic mass is 79.9. The second-order valence-corrected chi connectivity index (χ2v) is 10.5. The predicted octanol–water partition coefficient (Wildman–Crippen LogP) is 6.81. The van der Waals surface area contributed by atoms with Gasteiger partial charge in [0.2, 0.25) is 0 Å². The molecule has 0 radical (unpaired) electrons. The summed E-state index contributed by atoms with van der Waals surface area (Å²) in [6.07, 6.45) is 1.57. The molecule has 0 aromatic heterocycles. The molecule has 1 saturated heterocycles. The summed E-state index contributed by atoms with van der Waals surface area (Å²) in [6, 6.07) is 14.1. The zero-order valence-electron chi connectivity index (χ0n) is 20.2. The van der Waals surface area contributed by atoms with E-state index in [-0.39, 0.29) is 18.1 Å². The SMILES string of the molecule is COc1cc(/C=C2\SC(=O)N(Cc3ccc(F)cc3)C2=O)cc(Br)c1OCC(=O)Nc1ccc(C)c(Cl)c1. The number of aryl methyl sites for hydroxylation is 1. The Morgan fingerprint density at radius 3 is 2.58 bits per heavy atom. The van der Waals surface area contributed by atoms with Crippen LogP contribution in [0.3, 0.4) is 0 Å². The minimum absolute atomic E-state index is 0.0406. The van der Waals surface area contributed by atoms with E-state index < -0.39 is 22.9 Å². The Bertz CT molecular complexity index is 1450.